The van der Waals surface area contributed by atoms with Gasteiger partial charge in [-0.15, -0.1) is 0 Å². The quantitative estimate of drug-likeness (QED) is 0.211. The van der Waals surface area contributed by atoms with Gasteiger partial charge in [0.2, 0.25) is 0 Å². The Kier molecular flexibility index (Phi) is 11.1. The van der Waals surface area contributed by atoms with Gasteiger partial charge in [-0.2, -0.15) is 0 Å². The summed E-state index contributed by atoms with van der Waals surface area (Å²) < 4.78 is 10.2. The molecular weight excluding hydrogens is 328 g/mol. The molecule has 0 atom stereocenters. The van der Waals surface area contributed by atoms with Gasteiger partial charge in [-0.3, -0.25) is 4.79 Å². The van der Waals surface area contributed by atoms with Crippen LogP contribution in [0.25, 0.3) is 0 Å². The predicted molar refractivity (Wildman–Crippen MR) is 106 cm³/mol. The fraction of sp³-hybridized carbons (Fsp3) is 0.273. The number of carbonyl (C=O) groups excluding carboxylic acids is 2. The number of esters is 1. The smallest absolute Gasteiger partial charge is 0.338 e. The lowest BCUT2D eigenvalue weighted by Gasteiger charge is -2.12. The molecule has 0 N–H and O–H groups in total. The number of methoxy groups -OCH3 is 1. The van der Waals surface area contributed by atoms with E-state index in [2.05, 4.69) is 19.7 Å². The van der Waals surface area contributed by atoms with Crippen LogP contribution in [0.5, 0.6) is 0 Å². The standard InChI is InChI=1S/C20H22O4.C2H6/c1-6-12-24-19(8-3)16(7-2)18(21)13-15-10-9-11-17(14(15)4)20(22)23-5;1-2/h6-11H,1-3,12-13H2,4-5H3;1-2H3/b19-16-;. The fourth-order valence-corrected chi connectivity index (χ4v) is 2.22. The van der Waals surface area contributed by atoms with Crippen molar-refractivity contribution in [1.82, 2.24) is 0 Å². The summed E-state index contributed by atoms with van der Waals surface area (Å²) in [6, 6.07) is 5.20. The van der Waals surface area contributed by atoms with E-state index >= 15 is 0 Å². The van der Waals surface area contributed by atoms with Gasteiger partial charge in [0.25, 0.3) is 0 Å². The second-order valence-corrected chi connectivity index (χ2v) is 4.97. The SMILES string of the molecule is C=CCO/C(C=C)=C(/C=C)C(=O)Cc1cccc(C(=O)OC)c1C.CC. The molecule has 0 heterocycles. The van der Waals surface area contributed by atoms with E-state index < -0.39 is 5.97 Å². The Labute approximate surface area is 156 Å². The second kappa shape index (κ2) is 12.5. The van der Waals surface area contributed by atoms with Gasteiger partial charge in [0.05, 0.1) is 18.2 Å². The van der Waals surface area contributed by atoms with Gasteiger partial charge in [0, 0.05) is 6.42 Å². The van der Waals surface area contributed by atoms with Gasteiger partial charge >= 0.3 is 5.97 Å². The van der Waals surface area contributed by atoms with E-state index in [-0.39, 0.29) is 18.8 Å². The molecule has 4 heteroatoms. The molecule has 0 fully saturated rings. The number of ether oxygens (including phenoxy) is 2. The molecular formula is C22H28O4. The van der Waals surface area contributed by atoms with Crippen LogP contribution in [0, 0.1) is 6.92 Å². The average molecular weight is 356 g/mol. The molecule has 26 heavy (non-hydrogen) atoms. The maximum Gasteiger partial charge on any atom is 0.338 e. The van der Waals surface area contributed by atoms with Crippen molar-refractivity contribution in [2.75, 3.05) is 13.7 Å². The largest absolute Gasteiger partial charge is 0.489 e. The summed E-state index contributed by atoms with van der Waals surface area (Å²) in [6.07, 6.45) is 4.61. The molecule has 0 radical (unpaired) electrons. The van der Waals surface area contributed by atoms with Gasteiger partial charge in [-0.25, -0.2) is 4.79 Å². The zero-order chi connectivity index (χ0) is 20.1. The van der Waals surface area contributed by atoms with Crippen molar-refractivity contribution in [2.45, 2.75) is 27.2 Å². The summed E-state index contributed by atoms with van der Waals surface area (Å²) in [5.74, 6) is -0.242. The van der Waals surface area contributed by atoms with Crippen LogP contribution in [0.15, 0.2) is 67.5 Å². The molecule has 0 aliphatic rings. The third-order valence-electron chi connectivity index (χ3n) is 3.51. The number of allylic oxidation sites excluding steroid dienone is 3. The zero-order valence-corrected chi connectivity index (χ0v) is 16.1. The first-order valence-corrected chi connectivity index (χ1v) is 8.42. The summed E-state index contributed by atoms with van der Waals surface area (Å²) in [4.78, 5) is 24.4. The highest BCUT2D eigenvalue weighted by molar-refractivity contribution is 6.00. The molecule has 1 rings (SSSR count). The van der Waals surface area contributed by atoms with Crippen LogP contribution in [-0.4, -0.2) is 25.5 Å². The Morgan fingerprint density at radius 2 is 1.77 bits per heavy atom. The summed E-state index contributed by atoms with van der Waals surface area (Å²) in [5, 5.41) is 0. The molecule has 0 amide bonds. The molecule has 0 spiro atoms. The third-order valence-corrected chi connectivity index (χ3v) is 3.51. The molecule has 0 bridgehead atoms. The van der Waals surface area contributed by atoms with E-state index in [0.717, 1.165) is 5.56 Å². The molecule has 0 aliphatic carbocycles. The van der Waals surface area contributed by atoms with Crippen LogP contribution in [0.2, 0.25) is 0 Å². The molecule has 0 unspecified atom stereocenters. The Balaban J connectivity index is 0.00000301. The minimum atomic E-state index is -0.428. The van der Waals surface area contributed by atoms with Gasteiger partial charge in [-0.1, -0.05) is 57.9 Å². The summed E-state index contributed by atoms with van der Waals surface area (Å²) in [7, 11) is 1.32. The van der Waals surface area contributed by atoms with E-state index in [1.54, 1.807) is 31.2 Å². The molecule has 1 aromatic carbocycles. The van der Waals surface area contributed by atoms with Crippen molar-refractivity contribution >= 4 is 11.8 Å². The average Bonchev–Trinajstić information content (AvgIpc) is 2.67. The van der Waals surface area contributed by atoms with E-state index in [4.69, 9.17) is 9.47 Å². The third kappa shape index (κ3) is 6.20. The second-order valence-electron chi connectivity index (χ2n) is 4.97. The van der Waals surface area contributed by atoms with Crippen molar-refractivity contribution in [3.63, 3.8) is 0 Å². The van der Waals surface area contributed by atoms with Crippen molar-refractivity contribution in [1.29, 1.82) is 0 Å². The van der Waals surface area contributed by atoms with Crippen molar-refractivity contribution in [3.05, 3.63) is 84.2 Å². The topological polar surface area (TPSA) is 52.6 Å². The van der Waals surface area contributed by atoms with Crippen LogP contribution >= 0.6 is 0 Å². The van der Waals surface area contributed by atoms with E-state index in [1.807, 2.05) is 13.8 Å². The molecule has 1 aromatic rings. The van der Waals surface area contributed by atoms with Crippen molar-refractivity contribution in [3.8, 4) is 0 Å². The Bertz CT molecular complexity index is 696. The van der Waals surface area contributed by atoms with Crippen LogP contribution < -0.4 is 0 Å². The molecule has 0 saturated carbocycles. The lowest BCUT2D eigenvalue weighted by molar-refractivity contribution is -0.114. The van der Waals surface area contributed by atoms with Crippen molar-refractivity contribution < 1.29 is 19.1 Å². The normalized spacial score (nSPS) is 10.5. The Morgan fingerprint density at radius 3 is 2.27 bits per heavy atom. The number of Topliss-reactive ketones (excluding diaryl/α,β-unsaturated/α-hetero) is 1. The maximum atomic E-state index is 12.6. The summed E-state index contributed by atoms with van der Waals surface area (Å²) in [6.45, 7) is 17.0. The summed E-state index contributed by atoms with van der Waals surface area (Å²) in [5.41, 5.74) is 2.25. The van der Waals surface area contributed by atoms with E-state index in [1.165, 1.54) is 19.3 Å². The number of rotatable bonds is 9. The number of hydrogen-bond donors (Lipinski definition) is 0. The lowest BCUT2D eigenvalue weighted by atomic mass is 9.95. The highest BCUT2D eigenvalue weighted by Gasteiger charge is 2.17. The minimum Gasteiger partial charge on any atom is -0.489 e. The number of ketones is 1. The van der Waals surface area contributed by atoms with Crippen LogP contribution in [-0.2, 0) is 20.7 Å². The van der Waals surface area contributed by atoms with Crippen molar-refractivity contribution in [2.24, 2.45) is 0 Å². The predicted octanol–water partition coefficient (Wildman–Crippen LogP) is 4.75. The Hall–Kier alpha value is -2.88. The minimum absolute atomic E-state index is 0.118. The molecule has 0 saturated heterocycles. The first-order chi connectivity index (χ1) is 12.5. The van der Waals surface area contributed by atoms with Crippen LogP contribution in [0.1, 0.15) is 35.3 Å². The van der Waals surface area contributed by atoms with Gasteiger partial charge in [-0.05, 0) is 30.2 Å². The van der Waals surface area contributed by atoms with Gasteiger partial charge in [0.1, 0.15) is 12.4 Å². The number of benzene rings is 1. The number of hydrogen-bond acceptors (Lipinski definition) is 4. The van der Waals surface area contributed by atoms with Gasteiger partial charge in [0.15, 0.2) is 5.78 Å². The summed E-state index contributed by atoms with van der Waals surface area (Å²) >= 11 is 0. The Morgan fingerprint density at radius 1 is 1.12 bits per heavy atom. The molecule has 0 aromatic heterocycles. The van der Waals surface area contributed by atoms with E-state index in [9.17, 15) is 9.59 Å². The molecule has 0 aliphatic heterocycles. The first kappa shape index (κ1) is 23.1. The van der Waals surface area contributed by atoms with E-state index in [0.29, 0.717) is 22.5 Å². The lowest BCUT2D eigenvalue weighted by Crippen LogP contribution is -2.12. The highest BCUT2D eigenvalue weighted by Crippen LogP contribution is 2.19. The number of carbonyl (C=O) groups is 2. The zero-order valence-electron chi connectivity index (χ0n) is 16.1. The highest BCUT2D eigenvalue weighted by atomic mass is 16.5. The van der Waals surface area contributed by atoms with Gasteiger partial charge < -0.3 is 9.47 Å². The fourth-order valence-electron chi connectivity index (χ4n) is 2.22. The molecule has 140 valence electrons. The monoisotopic (exact) mass is 356 g/mol. The maximum absolute atomic E-state index is 12.6. The van der Waals surface area contributed by atoms with Crippen LogP contribution in [0.3, 0.4) is 0 Å². The first-order valence-electron chi connectivity index (χ1n) is 8.42. The van der Waals surface area contributed by atoms with Crippen LogP contribution in [0.4, 0.5) is 0 Å². The molecule has 4 nitrogen and oxygen atoms in total.